The smallest absolute Gasteiger partial charge is 0.299 e. The van der Waals surface area contributed by atoms with E-state index in [2.05, 4.69) is 27.3 Å². The summed E-state index contributed by atoms with van der Waals surface area (Å²) in [7, 11) is -4.08. The molecule has 1 aromatic rings. The molecule has 0 N–H and O–H groups in total. The van der Waals surface area contributed by atoms with E-state index in [4.69, 9.17) is 4.43 Å². The first-order chi connectivity index (χ1) is 20.3. The largest absolute Gasteiger partial charge is 0.541 e. The van der Waals surface area contributed by atoms with Gasteiger partial charge in [0.15, 0.2) is 17.4 Å². The zero-order chi connectivity index (χ0) is 32.3. The predicted molar refractivity (Wildman–Crippen MR) is 173 cm³/mol. The van der Waals surface area contributed by atoms with Crippen molar-refractivity contribution in [1.29, 1.82) is 0 Å². The molecule has 0 amide bonds. The van der Waals surface area contributed by atoms with E-state index in [9.17, 15) is 22.0 Å². The van der Waals surface area contributed by atoms with Crippen LogP contribution in [0.25, 0.3) is 5.83 Å². The fourth-order valence-corrected chi connectivity index (χ4v) is 12.8. The SMILES string of the molecule is CCCCCCCCC[Si](CCCCCCCC[Si](C)(CC)CC)(Oc1c(F)c(F)c(F)c2c1C(F)(F)C=C2F)C(C)C. The Balaban J connectivity index is 2.20. The zero-order valence-electron chi connectivity index (χ0n) is 27.6. The first kappa shape index (κ1) is 38.0. The normalized spacial score (nSPS) is 16.0. The maximum atomic E-state index is 15.2. The second kappa shape index (κ2) is 17.5. The van der Waals surface area contributed by atoms with Crippen LogP contribution in [-0.2, 0) is 5.92 Å². The molecule has 1 aliphatic carbocycles. The Hall–Kier alpha value is -1.23. The van der Waals surface area contributed by atoms with Crippen LogP contribution in [0.4, 0.5) is 26.3 Å². The van der Waals surface area contributed by atoms with Gasteiger partial charge in [0.1, 0.15) is 5.83 Å². The third kappa shape index (κ3) is 10.1. The first-order valence-corrected chi connectivity index (χ1v) is 22.5. The molecule has 1 atom stereocenters. The maximum absolute atomic E-state index is 15.2. The van der Waals surface area contributed by atoms with Crippen molar-refractivity contribution in [3.8, 4) is 5.75 Å². The number of allylic oxidation sites excluding steroid dienone is 1. The number of fused-ring (bicyclic) bond motifs is 1. The molecule has 1 aliphatic rings. The van der Waals surface area contributed by atoms with Crippen LogP contribution in [0.2, 0.25) is 42.3 Å². The molecule has 248 valence electrons. The van der Waals surface area contributed by atoms with E-state index in [0.717, 1.165) is 64.2 Å². The summed E-state index contributed by atoms with van der Waals surface area (Å²) in [6.45, 7) is 13.2. The minimum atomic E-state index is -3.99. The van der Waals surface area contributed by atoms with E-state index in [0.29, 0.717) is 12.1 Å². The molecule has 2 rings (SSSR count). The summed E-state index contributed by atoms with van der Waals surface area (Å²) < 4.78 is 94.9. The van der Waals surface area contributed by atoms with E-state index in [1.54, 1.807) is 0 Å². The Morgan fingerprint density at radius 3 is 1.60 bits per heavy atom. The number of unbranched alkanes of at least 4 members (excludes halogenated alkanes) is 11. The molecule has 0 spiro atoms. The van der Waals surface area contributed by atoms with Gasteiger partial charge in [0, 0.05) is 14.1 Å². The number of halogens is 6. The number of benzene rings is 1. The molecule has 0 heterocycles. The van der Waals surface area contributed by atoms with Crippen LogP contribution in [-0.4, -0.2) is 16.4 Å². The van der Waals surface area contributed by atoms with Crippen molar-refractivity contribution in [1.82, 2.24) is 0 Å². The summed E-state index contributed by atoms with van der Waals surface area (Å²) >= 11 is 0. The average Bonchev–Trinajstić information content (AvgIpc) is 3.21. The minimum absolute atomic E-state index is 0.0759. The molecule has 0 bridgehead atoms. The van der Waals surface area contributed by atoms with Gasteiger partial charge in [-0.1, -0.05) is 143 Å². The molecule has 0 saturated heterocycles. The van der Waals surface area contributed by atoms with Gasteiger partial charge in [0.05, 0.1) is 11.1 Å². The number of hydrogen-bond donors (Lipinski definition) is 0. The topological polar surface area (TPSA) is 9.23 Å². The van der Waals surface area contributed by atoms with Crippen molar-refractivity contribution in [3.05, 3.63) is 34.7 Å². The number of hydrogen-bond acceptors (Lipinski definition) is 1. The second-order valence-electron chi connectivity index (χ2n) is 13.5. The van der Waals surface area contributed by atoms with E-state index in [1.165, 1.54) is 37.4 Å². The molecule has 0 aliphatic heterocycles. The van der Waals surface area contributed by atoms with Crippen LogP contribution in [0.1, 0.15) is 129 Å². The lowest BCUT2D eigenvalue weighted by Crippen LogP contribution is -2.45. The van der Waals surface area contributed by atoms with E-state index < -0.39 is 62.5 Å². The van der Waals surface area contributed by atoms with Crippen LogP contribution in [0.15, 0.2) is 6.08 Å². The zero-order valence-corrected chi connectivity index (χ0v) is 29.6. The summed E-state index contributed by atoms with van der Waals surface area (Å²) in [6.07, 6.45) is 13.7. The Bertz CT molecular complexity index is 1040. The van der Waals surface area contributed by atoms with Crippen LogP contribution < -0.4 is 4.43 Å². The quantitative estimate of drug-likeness (QED) is 0.0525. The van der Waals surface area contributed by atoms with Crippen molar-refractivity contribution in [2.24, 2.45) is 0 Å². The second-order valence-corrected chi connectivity index (χ2v) is 23.5. The van der Waals surface area contributed by atoms with Gasteiger partial charge in [-0.15, -0.1) is 0 Å². The highest BCUT2D eigenvalue weighted by Crippen LogP contribution is 2.52. The van der Waals surface area contributed by atoms with Gasteiger partial charge in [-0.2, -0.15) is 13.2 Å². The summed E-state index contributed by atoms with van der Waals surface area (Å²) in [4.78, 5) is 0. The fraction of sp³-hybridized carbons (Fsp3) is 0.765. The lowest BCUT2D eigenvalue weighted by Gasteiger charge is -2.37. The molecular formula is C34H56F6OSi2. The minimum Gasteiger partial charge on any atom is -0.541 e. The van der Waals surface area contributed by atoms with E-state index in [-0.39, 0.29) is 11.6 Å². The number of alkyl halides is 2. The highest BCUT2D eigenvalue weighted by atomic mass is 28.4. The van der Waals surface area contributed by atoms with Crippen LogP contribution in [0.5, 0.6) is 5.75 Å². The van der Waals surface area contributed by atoms with Crippen molar-refractivity contribution >= 4 is 22.2 Å². The Kier molecular flexibility index (Phi) is 15.4. The Morgan fingerprint density at radius 1 is 0.674 bits per heavy atom. The van der Waals surface area contributed by atoms with E-state index in [1.807, 2.05) is 13.8 Å². The van der Waals surface area contributed by atoms with Crippen molar-refractivity contribution in [2.75, 3.05) is 0 Å². The third-order valence-corrected chi connectivity index (χ3v) is 20.1. The van der Waals surface area contributed by atoms with Gasteiger partial charge in [-0.05, 0) is 17.6 Å². The molecule has 1 aromatic carbocycles. The summed E-state index contributed by atoms with van der Waals surface area (Å²) in [5.41, 5.74) is -2.52. The fourth-order valence-electron chi connectivity index (χ4n) is 6.37. The molecular weight excluding hydrogens is 595 g/mol. The van der Waals surface area contributed by atoms with E-state index >= 15 is 4.39 Å². The monoisotopic (exact) mass is 650 g/mol. The van der Waals surface area contributed by atoms with Crippen LogP contribution in [0, 0.1) is 17.5 Å². The highest BCUT2D eigenvalue weighted by Gasteiger charge is 2.49. The van der Waals surface area contributed by atoms with Crippen LogP contribution >= 0.6 is 0 Å². The lowest BCUT2D eigenvalue weighted by molar-refractivity contribution is 0.0525. The maximum Gasteiger partial charge on any atom is 0.299 e. The van der Waals surface area contributed by atoms with Crippen molar-refractivity contribution in [2.45, 2.75) is 166 Å². The molecule has 0 fully saturated rings. The Labute approximate surface area is 259 Å². The van der Waals surface area contributed by atoms with Gasteiger partial charge in [0.2, 0.25) is 5.82 Å². The molecule has 1 unspecified atom stereocenters. The third-order valence-electron chi connectivity index (χ3n) is 10.1. The van der Waals surface area contributed by atoms with Gasteiger partial charge in [-0.25, -0.2) is 13.2 Å². The molecule has 0 aromatic heterocycles. The van der Waals surface area contributed by atoms with Crippen molar-refractivity contribution < 1.29 is 30.8 Å². The first-order valence-electron chi connectivity index (χ1n) is 17.0. The van der Waals surface area contributed by atoms with Crippen LogP contribution in [0.3, 0.4) is 0 Å². The summed E-state index contributed by atoms with van der Waals surface area (Å²) in [5.74, 6) is -12.3. The molecule has 0 radical (unpaired) electrons. The van der Waals surface area contributed by atoms with Gasteiger partial charge >= 0.3 is 0 Å². The molecule has 0 saturated carbocycles. The molecule has 9 heteroatoms. The van der Waals surface area contributed by atoms with Gasteiger partial charge in [-0.3, -0.25) is 0 Å². The standard InChI is InChI=1S/C34H56F6OSi2/c1-7-10-11-12-13-17-20-23-43(26(4)5,24-21-18-15-14-16-19-22-42(6,8-2)9-3)41-33-29-28(27(35)25-34(29,39)40)30(36)31(37)32(33)38/h25-26H,7-24H2,1-6H3. The number of rotatable bonds is 22. The highest BCUT2D eigenvalue weighted by molar-refractivity contribution is 6.78. The van der Waals surface area contributed by atoms with Gasteiger partial charge < -0.3 is 4.43 Å². The van der Waals surface area contributed by atoms with Crippen molar-refractivity contribution in [3.63, 3.8) is 0 Å². The van der Waals surface area contributed by atoms with Gasteiger partial charge in [0.25, 0.3) is 14.2 Å². The molecule has 43 heavy (non-hydrogen) atoms. The molecule has 1 nitrogen and oxygen atoms in total. The Morgan fingerprint density at radius 2 is 1.14 bits per heavy atom. The predicted octanol–water partition coefficient (Wildman–Crippen LogP) is 13.5. The lowest BCUT2D eigenvalue weighted by atomic mass is 10.0. The summed E-state index contributed by atoms with van der Waals surface area (Å²) in [5, 5.41) is 0. The average molecular weight is 651 g/mol. The summed E-state index contributed by atoms with van der Waals surface area (Å²) in [6, 6.07) is 5.21.